The zero-order valence-electron chi connectivity index (χ0n) is 19.1. The minimum atomic E-state index is -1.24. The van der Waals surface area contributed by atoms with Crippen LogP contribution in [0.2, 0.25) is 5.02 Å². The fraction of sp³-hybridized carbons (Fsp3) is 0.107. The molecule has 7 nitrogen and oxygen atoms in total. The van der Waals surface area contributed by atoms with E-state index in [0.717, 1.165) is 16.5 Å². The lowest BCUT2D eigenvalue weighted by molar-refractivity contribution is -0.142. The summed E-state index contributed by atoms with van der Waals surface area (Å²) in [5.41, 5.74) is 3.14. The van der Waals surface area contributed by atoms with Crippen LogP contribution in [0.5, 0.6) is 0 Å². The normalized spacial score (nSPS) is 12.1. The largest absolute Gasteiger partial charge is 0.479 e. The van der Waals surface area contributed by atoms with Crippen molar-refractivity contribution in [3.63, 3.8) is 0 Å². The molecule has 0 aliphatic rings. The number of carbonyl (C=O) groups excluding carboxylic acids is 1. The maximum absolute atomic E-state index is 12.8. The van der Waals surface area contributed by atoms with E-state index in [1.54, 1.807) is 61.7 Å². The zero-order valence-corrected chi connectivity index (χ0v) is 19.8. The quantitative estimate of drug-likeness (QED) is 0.291. The Kier molecular flexibility index (Phi) is 6.08. The van der Waals surface area contributed by atoms with Crippen LogP contribution in [-0.2, 0) is 16.0 Å². The summed E-state index contributed by atoms with van der Waals surface area (Å²) in [4.78, 5) is 37.3. The Hall–Kier alpha value is -4.36. The summed E-state index contributed by atoms with van der Waals surface area (Å²) in [5, 5.41) is 14.2. The molecule has 0 saturated heterocycles. The summed E-state index contributed by atoms with van der Waals surface area (Å²) < 4.78 is 11.2. The Labute approximate surface area is 209 Å². The van der Waals surface area contributed by atoms with Crippen molar-refractivity contribution in [2.45, 2.75) is 19.4 Å². The van der Waals surface area contributed by atoms with Gasteiger partial charge in [0, 0.05) is 27.4 Å². The van der Waals surface area contributed by atoms with Gasteiger partial charge in [-0.3, -0.25) is 4.79 Å². The van der Waals surface area contributed by atoms with Crippen LogP contribution in [-0.4, -0.2) is 17.0 Å². The lowest BCUT2D eigenvalue weighted by Gasteiger charge is -2.15. The van der Waals surface area contributed by atoms with Crippen LogP contribution in [0.4, 0.5) is 0 Å². The lowest BCUT2D eigenvalue weighted by Crippen LogP contribution is -2.35. The van der Waals surface area contributed by atoms with Gasteiger partial charge >= 0.3 is 11.6 Å². The van der Waals surface area contributed by atoms with Gasteiger partial charge in [0.2, 0.25) is 5.91 Å². The first-order valence-electron chi connectivity index (χ1n) is 11.1. The van der Waals surface area contributed by atoms with Gasteiger partial charge in [-0.05, 0) is 41.8 Å². The lowest BCUT2D eigenvalue weighted by atomic mass is 9.99. The van der Waals surface area contributed by atoms with E-state index in [-0.39, 0.29) is 12.0 Å². The van der Waals surface area contributed by atoms with E-state index < -0.39 is 23.5 Å². The van der Waals surface area contributed by atoms with Crippen LogP contribution in [0.15, 0.2) is 86.6 Å². The van der Waals surface area contributed by atoms with E-state index in [2.05, 4.69) is 5.32 Å². The van der Waals surface area contributed by atoms with Crippen molar-refractivity contribution in [3.05, 3.63) is 105 Å². The summed E-state index contributed by atoms with van der Waals surface area (Å²) >= 11 is 6.02. The van der Waals surface area contributed by atoms with E-state index in [4.69, 9.17) is 20.4 Å². The SMILES string of the molecule is Cc1c(CC(=O)N[C@@H](C(=O)O)c2ccccc2)c(=O)oc2cc3occ(-c4ccc(Cl)cc4)c3cc12. The molecule has 8 heteroatoms. The van der Waals surface area contributed by atoms with E-state index in [0.29, 0.717) is 32.7 Å². The van der Waals surface area contributed by atoms with Crippen LogP contribution in [0.25, 0.3) is 33.1 Å². The molecule has 0 aliphatic carbocycles. The third-order valence-electron chi connectivity index (χ3n) is 6.16. The Balaban J connectivity index is 1.51. The average Bonchev–Trinajstić information content (AvgIpc) is 3.27. The molecule has 3 aromatic carbocycles. The molecule has 2 heterocycles. The molecule has 0 radical (unpaired) electrons. The number of halogens is 1. The summed E-state index contributed by atoms with van der Waals surface area (Å²) in [6.07, 6.45) is 1.30. The average molecular weight is 502 g/mol. The number of carboxylic acid groups (broad SMARTS) is 1. The van der Waals surface area contributed by atoms with E-state index >= 15 is 0 Å². The van der Waals surface area contributed by atoms with Gasteiger partial charge in [-0.2, -0.15) is 0 Å². The number of furan rings is 1. The van der Waals surface area contributed by atoms with E-state index in [1.165, 1.54) is 0 Å². The van der Waals surface area contributed by atoms with Crippen LogP contribution in [0, 0.1) is 6.92 Å². The van der Waals surface area contributed by atoms with Crippen LogP contribution < -0.4 is 10.9 Å². The standard InChI is InChI=1S/C28H20ClNO6/c1-15-19-11-21-22(16-7-9-18(29)10-8-16)14-35-23(21)13-24(19)36-28(34)20(15)12-25(31)30-26(27(32)33)17-5-3-2-4-6-17/h2-11,13-14,26H,12H2,1H3,(H,30,31)(H,32,33)/t26-/m1/s1. The first-order valence-corrected chi connectivity index (χ1v) is 11.5. The Morgan fingerprint density at radius 2 is 1.72 bits per heavy atom. The van der Waals surface area contributed by atoms with Gasteiger partial charge in [0.05, 0.1) is 18.2 Å². The van der Waals surface area contributed by atoms with Crippen molar-refractivity contribution in [2.75, 3.05) is 0 Å². The summed E-state index contributed by atoms with van der Waals surface area (Å²) in [6, 6.07) is 18.0. The molecule has 5 rings (SSSR count). The Morgan fingerprint density at radius 3 is 2.42 bits per heavy atom. The number of nitrogens with one attached hydrogen (secondary N) is 1. The monoisotopic (exact) mass is 501 g/mol. The molecule has 0 saturated carbocycles. The maximum Gasteiger partial charge on any atom is 0.340 e. The van der Waals surface area contributed by atoms with Crippen LogP contribution in [0.3, 0.4) is 0 Å². The van der Waals surface area contributed by atoms with Crippen LogP contribution in [0.1, 0.15) is 22.7 Å². The highest BCUT2D eigenvalue weighted by molar-refractivity contribution is 6.30. The highest BCUT2D eigenvalue weighted by Gasteiger charge is 2.24. The molecule has 1 atom stereocenters. The first-order chi connectivity index (χ1) is 17.3. The van der Waals surface area contributed by atoms with Crippen molar-refractivity contribution in [1.82, 2.24) is 5.32 Å². The summed E-state index contributed by atoms with van der Waals surface area (Å²) in [7, 11) is 0. The van der Waals surface area contributed by atoms with Gasteiger partial charge in [0.25, 0.3) is 0 Å². The number of hydrogen-bond acceptors (Lipinski definition) is 5. The molecule has 0 aliphatic heterocycles. The van der Waals surface area contributed by atoms with Crippen molar-refractivity contribution in [2.24, 2.45) is 0 Å². The highest BCUT2D eigenvalue weighted by Crippen LogP contribution is 2.35. The van der Waals surface area contributed by atoms with Gasteiger partial charge in [0.15, 0.2) is 6.04 Å². The summed E-state index contributed by atoms with van der Waals surface area (Å²) in [5.74, 6) is -1.80. The number of aryl methyl sites for hydroxylation is 1. The van der Waals surface area contributed by atoms with Crippen LogP contribution >= 0.6 is 11.6 Å². The second kappa shape index (κ2) is 9.36. The third-order valence-corrected chi connectivity index (χ3v) is 6.41. The van der Waals surface area contributed by atoms with Gasteiger partial charge in [-0.15, -0.1) is 0 Å². The van der Waals surface area contributed by atoms with E-state index in [1.807, 2.05) is 18.2 Å². The molecular formula is C28H20ClNO6. The van der Waals surface area contributed by atoms with Gasteiger partial charge < -0.3 is 19.3 Å². The van der Waals surface area contributed by atoms with E-state index in [9.17, 15) is 19.5 Å². The number of benzene rings is 3. The second-order valence-corrected chi connectivity index (χ2v) is 8.86. The third kappa shape index (κ3) is 4.36. The fourth-order valence-corrected chi connectivity index (χ4v) is 4.40. The van der Waals surface area contributed by atoms with Crippen molar-refractivity contribution >= 4 is 45.4 Å². The molecule has 0 bridgehead atoms. The van der Waals surface area contributed by atoms with Gasteiger partial charge in [0.1, 0.15) is 11.2 Å². The molecule has 5 aromatic rings. The topological polar surface area (TPSA) is 110 Å². The molecule has 1 amide bonds. The number of hydrogen-bond donors (Lipinski definition) is 2. The Morgan fingerprint density at radius 1 is 1.00 bits per heavy atom. The molecule has 36 heavy (non-hydrogen) atoms. The van der Waals surface area contributed by atoms with Gasteiger partial charge in [-0.25, -0.2) is 9.59 Å². The number of amides is 1. The van der Waals surface area contributed by atoms with Crippen molar-refractivity contribution in [1.29, 1.82) is 0 Å². The van der Waals surface area contributed by atoms with Crippen molar-refractivity contribution in [3.8, 4) is 11.1 Å². The smallest absolute Gasteiger partial charge is 0.340 e. The molecule has 0 spiro atoms. The molecule has 2 N–H and O–H groups in total. The number of aliphatic carboxylic acids is 1. The minimum Gasteiger partial charge on any atom is -0.479 e. The first kappa shape index (κ1) is 23.4. The number of rotatable bonds is 6. The maximum atomic E-state index is 12.8. The molecule has 0 unspecified atom stereocenters. The number of fused-ring (bicyclic) bond motifs is 2. The molecule has 0 fully saturated rings. The zero-order chi connectivity index (χ0) is 25.4. The fourth-order valence-electron chi connectivity index (χ4n) is 4.27. The van der Waals surface area contributed by atoms with Crippen molar-refractivity contribution < 1.29 is 23.5 Å². The minimum absolute atomic E-state index is 0.160. The second-order valence-electron chi connectivity index (χ2n) is 8.42. The molecular weight excluding hydrogens is 482 g/mol. The predicted molar refractivity (Wildman–Crippen MR) is 136 cm³/mol. The van der Waals surface area contributed by atoms with Gasteiger partial charge in [-0.1, -0.05) is 54.1 Å². The number of carbonyl (C=O) groups is 2. The molecule has 2 aromatic heterocycles. The Bertz CT molecular complexity index is 1670. The highest BCUT2D eigenvalue weighted by atomic mass is 35.5. The number of carboxylic acids is 1. The molecule has 180 valence electrons. The predicted octanol–water partition coefficient (Wildman–Crippen LogP) is 5.65. The summed E-state index contributed by atoms with van der Waals surface area (Å²) in [6.45, 7) is 1.74.